The minimum Gasteiger partial charge on any atom is -0.506 e. The van der Waals surface area contributed by atoms with Gasteiger partial charge in [-0.3, -0.25) is 4.79 Å². The molecule has 98 valence electrons. The summed E-state index contributed by atoms with van der Waals surface area (Å²) in [7, 11) is 0. The van der Waals surface area contributed by atoms with Crippen molar-refractivity contribution in [2.45, 2.75) is 45.2 Å². The molecule has 0 aliphatic carbocycles. The zero-order valence-corrected chi connectivity index (χ0v) is 11.4. The zero-order valence-electron chi connectivity index (χ0n) is 10.7. The van der Waals surface area contributed by atoms with Crippen LogP contribution in [0.1, 0.15) is 43.5 Å². The first kappa shape index (κ1) is 13.2. The van der Waals surface area contributed by atoms with Gasteiger partial charge in [-0.2, -0.15) is 0 Å². The van der Waals surface area contributed by atoms with Crippen molar-refractivity contribution >= 4 is 17.5 Å². The summed E-state index contributed by atoms with van der Waals surface area (Å²) in [6, 6.07) is 5.14. The second-order valence-electron chi connectivity index (χ2n) is 5.01. The summed E-state index contributed by atoms with van der Waals surface area (Å²) in [4.78, 5) is 14.4. The Balaban J connectivity index is 2.26. The molecule has 0 bridgehead atoms. The molecule has 1 amide bonds. The highest BCUT2D eigenvalue weighted by Crippen LogP contribution is 2.28. The summed E-state index contributed by atoms with van der Waals surface area (Å²) < 4.78 is 0. The van der Waals surface area contributed by atoms with E-state index >= 15 is 0 Å². The summed E-state index contributed by atoms with van der Waals surface area (Å²) in [6.07, 6.45) is 3.26. The molecule has 0 aromatic heterocycles. The van der Waals surface area contributed by atoms with Crippen molar-refractivity contribution in [3.05, 3.63) is 28.8 Å². The molecule has 0 saturated carbocycles. The van der Waals surface area contributed by atoms with E-state index in [1.807, 2.05) is 4.90 Å². The molecule has 1 heterocycles. The second kappa shape index (κ2) is 5.19. The molecule has 1 aliphatic rings. The van der Waals surface area contributed by atoms with Gasteiger partial charge in [0.1, 0.15) is 5.75 Å². The fraction of sp³-hybridized carbons (Fsp3) is 0.500. The van der Waals surface area contributed by atoms with Crippen molar-refractivity contribution in [2.24, 2.45) is 0 Å². The van der Waals surface area contributed by atoms with Gasteiger partial charge in [-0.15, -0.1) is 0 Å². The minimum absolute atomic E-state index is 0.00315. The van der Waals surface area contributed by atoms with Crippen LogP contribution in [0.4, 0.5) is 0 Å². The predicted molar refractivity (Wildman–Crippen MR) is 72.1 cm³/mol. The molecular weight excluding hydrogens is 250 g/mol. The molecule has 1 aromatic rings. The van der Waals surface area contributed by atoms with Crippen molar-refractivity contribution < 1.29 is 9.90 Å². The number of carbonyl (C=O) groups is 1. The lowest BCUT2D eigenvalue weighted by atomic mass is 9.96. The quantitative estimate of drug-likeness (QED) is 0.847. The van der Waals surface area contributed by atoms with Crippen molar-refractivity contribution in [3.8, 4) is 5.75 Å². The third-order valence-corrected chi connectivity index (χ3v) is 3.93. The molecule has 0 unspecified atom stereocenters. The highest BCUT2D eigenvalue weighted by atomic mass is 35.5. The Morgan fingerprint density at radius 1 is 1.33 bits per heavy atom. The number of hydrogen-bond acceptors (Lipinski definition) is 2. The molecular formula is C14H18ClNO2. The Labute approximate surface area is 112 Å². The fourth-order valence-electron chi connectivity index (χ4n) is 2.61. The van der Waals surface area contributed by atoms with Crippen LogP contribution in [0.15, 0.2) is 18.2 Å². The lowest BCUT2D eigenvalue weighted by molar-refractivity contribution is 0.0511. The van der Waals surface area contributed by atoms with Gasteiger partial charge < -0.3 is 10.0 Å². The largest absolute Gasteiger partial charge is 0.506 e. The van der Waals surface area contributed by atoms with E-state index in [0.717, 1.165) is 12.8 Å². The van der Waals surface area contributed by atoms with Crippen LogP contribution < -0.4 is 0 Å². The van der Waals surface area contributed by atoms with Crippen LogP contribution in [0.5, 0.6) is 5.75 Å². The number of nitrogens with zero attached hydrogens (tertiary/aromatic N) is 1. The number of phenols is 1. The zero-order chi connectivity index (χ0) is 13.3. The van der Waals surface area contributed by atoms with E-state index in [1.54, 1.807) is 6.07 Å². The average Bonchev–Trinajstić information content (AvgIpc) is 2.32. The first-order valence-corrected chi connectivity index (χ1v) is 6.69. The van der Waals surface area contributed by atoms with Crippen LogP contribution >= 0.6 is 11.6 Å². The first-order valence-electron chi connectivity index (χ1n) is 6.32. The number of halogens is 1. The van der Waals surface area contributed by atoms with Gasteiger partial charge in [-0.1, -0.05) is 11.6 Å². The number of hydrogen-bond donors (Lipinski definition) is 1. The number of amides is 1. The minimum atomic E-state index is -0.00315. The average molecular weight is 268 g/mol. The molecule has 2 rings (SSSR count). The number of aromatic hydroxyl groups is 1. The van der Waals surface area contributed by atoms with Gasteiger partial charge >= 0.3 is 0 Å². The smallest absolute Gasteiger partial charge is 0.254 e. The van der Waals surface area contributed by atoms with Crippen molar-refractivity contribution in [2.75, 3.05) is 0 Å². The molecule has 1 aliphatic heterocycles. The van der Waals surface area contributed by atoms with Crippen LogP contribution in [0.3, 0.4) is 0 Å². The standard InChI is InChI=1S/C14H18ClNO2/c1-9-4-3-5-10(2)16(9)14(18)11-6-7-13(17)12(15)8-11/h6-10,17H,3-5H2,1-2H3/t9-,10+. The van der Waals surface area contributed by atoms with Gasteiger partial charge in [0.2, 0.25) is 0 Å². The number of piperidine rings is 1. The maximum absolute atomic E-state index is 12.5. The van der Waals surface area contributed by atoms with E-state index in [4.69, 9.17) is 11.6 Å². The summed E-state index contributed by atoms with van der Waals surface area (Å²) in [5.41, 5.74) is 0.540. The number of likely N-dealkylation sites (tertiary alicyclic amines) is 1. The Morgan fingerprint density at radius 2 is 1.94 bits per heavy atom. The molecule has 0 radical (unpaired) electrons. The van der Waals surface area contributed by atoms with Crippen molar-refractivity contribution in [3.63, 3.8) is 0 Å². The van der Waals surface area contributed by atoms with Crippen molar-refractivity contribution in [1.29, 1.82) is 0 Å². The van der Waals surface area contributed by atoms with Crippen molar-refractivity contribution in [1.82, 2.24) is 4.90 Å². The third-order valence-electron chi connectivity index (χ3n) is 3.62. The maximum atomic E-state index is 12.5. The molecule has 18 heavy (non-hydrogen) atoms. The van der Waals surface area contributed by atoms with Gasteiger partial charge in [0.15, 0.2) is 0 Å². The lowest BCUT2D eigenvalue weighted by Gasteiger charge is -2.39. The van der Waals surface area contributed by atoms with E-state index in [0.29, 0.717) is 5.56 Å². The number of phenolic OH excluding ortho intramolecular Hbond substituents is 1. The SMILES string of the molecule is C[C@@H]1CCC[C@H](C)N1C(=O)c1ccc(O)c(Cl)c1. The number of rotatable bonds is 1. The van der Waals surface area contributed by atoms with E-state index < -0.39 is 0 Å². The summed E-state index contributed by atoms with van der Waals surface area (Å²) in [5.74, 6) is 0.00422. The van der Waals surface area contributed by atoms with E-state index in [9.17, 15) is 9.90 Å². The summed E-state index contributed by atoms with van der Waals surface area (Å²) in [6.45, 7) is 4.16. The Hall–Kier alpha value is -1.22. The van der Waals surface area contributed by atoms with Gasteiger partial charge in [0.25, 0.3) is 5.91 Å². The number of carbonyl (C=O) groups excluding carboxylic acids is 1. The highest BCUT2D eigenvalue weighted by Gasteiger charge is 2.29. The van der Waals surface area contributed by atoms with E-state index in [1.165, 1.54) is 18.6 Å². The molecule has 1 saturated heterocycles. The Kier molecular flexibility index (Phi) is 3.81. The molecule has 1 aromatic carbocycles. The maximum Gasteiger partial charge on any atom is 0.254 e. The molecule has 1 N–H and O–H groups in total. The Morgan fingerprint density at radius 3 is 2.50 bits per heavy atom. The van der Waals surface area contributed by atoms with Gasteiger partial charge in [-0.05, 0) is 51.3 Å². The molecule has 4 heteroatoms. The predicted octanol–water partition coefficient (Wildman–Crippen LogP) is 3.45. The molecule has 2 atom stereocenters. The molecule has 0 spiro atoms. The molecule has 3 nitrogen and oxygen atoms in total. The molecule has 1 fully saturated rings. The van der Waals surface area contributed by atoms with E-state index in [-0.39, 0.29) is 28.8 Å². The third kappa shape index (κ3) is 2.46. The van der Waals surface area contributed by atoms with Gasteiger partial charge in [-0.25, -0.2) is 0 Å². The normalized spacial score (nSPS) is 24.1. The van der Waals surface area contributed by atoms with Gasteiger partial charge in [0, 0.05) is 17.6 Å². The number of benzene rings is 1. The van der Waals surface area contributed by atoms with Crippen LogP contribution in [0.25, 0.3) is 0 Å². The van der Waals surface area contributed by atoms with Crippen LogP contribution in [0, 0.1) is 0 Å². The lowest BCUT2D eigenvalue weighted by Crippen LogP contribution is -2.47. The summed E-state index contributed by atoms with van der Waals surface area (Å²) >= 11 is 5.85. The summed E-state index contributed by atoms with van der Waals surface area (Å²) in [5, 5.41) is 9.60. The highest BCUT2D eigenvalue weighted by molar-refractivity contribution is 6.32. The second-order valence-corrected chi connectivity index (χ2v) is 5.41. The van der Waals surface area contributed by atoms with E-state index in [2.05, 4.69) is 13.8 Å². The van der Waals surface area contributed by atoms with Crippen LogP contribution in [-0.2, 0) is 0 Å². The van der Waals surface area contributed by atoms with Crippen LogP contribution in [-0.4, -0.2) is 28.0 Å². The topological polar surface area (TPSA) is 40.5 Å². The first-order chi connectivity index (χ1) is 8.50. The monoisotopic (exact) mass is 267 g/mol. The fourth-order valence-corrected chi connectivity index (χ4v) is 2.79. The van der Waals surface area contributed by atoms with Crippen LogP contribution in [0.2, 0.25) is 5.02 Å². The Bertz CT molecular complexity index is 451. The van der Waals surface area contributed by atoms with Gasteiger partial charge in [0.05, 0.1) is 5.02 Å².